The predicted octanol–water partition coefficient (Wildman–Crippen LogP) is 1.13. The first-order chi connectivity index (χ1) is 5.95. The second-order valence-electron chi connectivity index (χ2n) is 3.91. The van der Waals surface area contributed by atoms with Gasteiger partial charge in [0.1, 0.15) is 0 Å². The van der Waals surface area contributed by atoms with Crippen LogP contribution in [0.5, 0.6) is 0 Å². The van der Waals surface area contributed by atoms with Gasteiger partial charge in [0.2, 0.25) is 0 Å². The summed E-state index contributed by atoms with van der Waals surface area (Å²) >= 11 is 0. The van der Waals surface area contributed by atoms with E-state index < -0.39 is 0 Å². The lowest BCUT2D eigenvalue weighted by molar-refractivity contribution is 0.471. The predicted molar refractivity (Wildman–Crippen MR) is 48.4 cm³/mol. The first-order valence-corrected chi connectivity index (χ1v) is 4.86. The molecule has 1 saturated heterocycles. The van der Waals surface area contributed by atoms with Crippen LogP contribution in [0.1, 0.15) is 19.3 Å². The Balaban J connectivity index is 2.05. The van der Waals surface area contributed by atoms with Gasteiger partial charge in [0.05, 0.1) is 6.04 Å². The second-order valence-corrected chi connectivity index (χ2v) is 3.91. The Morgan fingerprint density at radius 1 is 1.25 bits per heavy atom. The van der Waals surface area contributed by atoms with Gasteiger partial charge in [0.15, 0.2) is 0 Å². The fourth-order valence-corrected chi connectivity index (χ4v) is 2.64. The van der Waals surface area contributed by atoms with Crippen LogP contribution >= 0.6 is 0 Å². The molecule has 0 saturated carbocycles. The first kappa shape index (κ1) is 6.58. The van der Waals surface area contributed by atoms with E-state index in [1.165, 1.54) is 37.1 Å². The number of hydrogen-bond acceptors (Lipinski definition) is 2. The summed E-state index contributed by atoms with van der Waals surface area (Å²) in [4.78, 5) is 0. The SMILES string of the molecule is C1=CC2=C3NCCC3CCC2N1. The van der Waals surface area contributed by atoms with E-state index in [-0.39, 0.29) is 0 Å². The van der Waals surface area contributed by atoms with Crippen molar-refractivity contribution in [3.05, 3.63) is 23.5 Å². The Kier molecular flexibility index (Phi) is 1.25. The van der Waals surface area contributed by atoms with E-state index in [0.717, 1.165) is 5.92 Å². The van der Waals surface area contributed by atoms with Crippen LogP contribution in [-0.2, 0) is 0 Å². The van der Waals surface area contributed by atoms with E-state index in [2.05, 4.69) is 22.9 Å². The Labute approximate surface area is 72.7 Å². The van der Waals surface area contributed by atoms with Crippen LogP contribution < -0.4 is 10.6 Å². The standard InChI is InChI=1S/C10H14N2/c1-2-9-8(4-6-11-9)10-7(1)3-5-12-10/h4,6-7,9,11-12H,1-3,5H2. The highest BCUT2D eigenvalue weighted by atomic mass is 15.0. The molecule has 2 aliphatic heterocycles. The molecular formula is C10H14N2. The molecule has 12 heavy (non-hydrogen) atoms. The molecule has 2 nitrogen and oxygen atoms in total. The van der Waals surface area contributed by atoms with Gasteiger partial charge in [-0.2, -0.15) is 0 Å². The van der Waals surface area contributed by atoms with Crippen molar-refractivity contribution >= 4 is 0 Å². The number of rotatable bonds is 0. The van der Waals surface area contributed by atoms with Crippen LogP contribution in [0.3, 0.4) is 0 Å². The van der Waals surface area contributed by atoms with Gasteiger partial charge in [-0.3, -0.25) is 0 Å². The van der Waals surface area contributed by atoms with Crippen LogP contribution in [0.2, 0.25) is 0 Å². The van der Waals surface area contributed by atoms with Crippen molar-refractivity contribution in [2.45, 2.75) is 25.3 Å². The highest BCUT2D eigenvalue weighted by Gasteiger charge is 2.32. The van der Waals surface area contributed by atoms with Crippen LogP contribution in [0.15, 0.2) is 23.5 Å². The minimum Gasteiger partial charge on any atom is -0.388 e. The fourth-order valence-electron chi connectivity index (χ4n) is 2.64. The van der Waals surface area contributed by atoms with Crippen molar-refractivity contribution in [3.63, 3.8) is 0 Å². The van der Waals surface area contributed by atoms with E-state index in [0.29, 0.717) is 6.04 Å². The van der Waals surface area contributed by atoms with Gasteiger partial charge in [-0.05, 0) is 37.1 Å². The molecule has 0 radical (unpaired) electrons. The number of hydrogen-bond donors (Lipinski definition) is 2. The molecule has 0 aromatic heterocycles. The molecule has 3 aliphatic rings. The molecular weight excluding hydrogens is 148 g/mol. The quantitative estimate of drug-likeness (QED) is 0.558. The lowest BCUT2D eigenvalue weighted by Crippen LogP contribution is -2.29. The van der Waals surface area contributed by atoms with Crippen molar-refractivity contribution in [3.8, 4) is 0 Å². The topological polar surface area (TPSA) is 24.1 Å². The normalized spacial score (nSPS) is 37.3. The van der Waals surface area contributed by atoms with Gasteiger partial charge in [-0.1, -0.05) is 0 Å². The Bertz CT molecular complexity index is 265. The monoisotopic (exact) mass is 162 g/mol. The zero-order valence-electron chi connectivity index (χ0n) is 7.14. The summed E-state index contributed by atoms with van der Waals surface area (Å²) in [6, 6.07) is 0.627. The van der Waals surface area contributed by atoms with Gasteiger partial charge < -0.3 is 10.6 Å². The maximum atomic E-state index is 3.52. The van der Waals surface area contributed by atoms with Crippen LogP contribution in [-0.4, -0.2) is 12.6 Å². The van der Waals surface area contributed by atoms with E-state index >= 15 is 0 Å². The third kappa shape index (κ3) is 0.752. The summed E-state index contributed by atoms with van der Waals surface area (Å²) in [5.41, 5.74) is 3.07. The highest BCUT2D eigenvalue weighted by Crippen LogP contribution is 2.36. The zero-order valence-corrected chi connectivity index (χ0v) is 7.14. The summed E-state index contributed by atoms with van der Waals surface area (Å²) in [6.45, 7) is 1.18. The molecule has 1 aliphatic carbocycles. The summed E-state index contributed by atoms with van der Waals surface area (Å²) in [5.74, 6) is 0.848. The maximum absolute atomic E-state index is 3.52. The number of fused-ring (bicyclic) bond motifs is 2. The minimum atomic E-state index is 0.627. The van der Waals surface area contributed by atoms with Crippen LogP contribution in [0.25, 0.3) is 0 Å². The molecule has 2 N–H and O–H groups in total. The van der Waals surface area contributed by atoms with Crippen molar-refractivity contribution in [1.82, 2.24) is 10.6 Å². The maximum Gasteiger partial charge on any atom is 0.0526 e. The number of allylic oxidation sites excluding steroid dienone is 1. The van der Waals surface area contributed by atoms with Crippen molar-refractivity contribution in [2.24, 2.45) is 5.92 Å². The molecule has 0 aromatic rings. The molecule has 2 atom stereocenters. The molecule has 1 fully saturated rings. The molecule has 2 unspecified atom stereocenters. The molecule has 64 valence electrons. The smallest absolute Gasteiger partial charge is 0.0526 e. The number of nitrogens with one attached hydrogen (secondary N) is 2. The van der Waals surface area contributed by atoms with E-state index in [9.17, 15) is 0 Å². The van der Waals surface area contributed by atoms with E-state index in [1.807, 2.05) is 0 Å². The third-order valence-corrected chi connectivity index (χ3v) is 3.27. The van der Waals surface area contributed by atoms with Gasteiger partial charge in [0.25, 0.3) is 0 Å². The van der Waals surface area contributed by atoms with Gasteiger partial charge in [-0.15, -0.1) is 0 Å². The first-order valence-electron chi connectivity index (χ1n) is 4.86. The Morgan fingerprint density at radius 2 is 2.25 bits per heavy atom. The lowest BCUT2D eigenvalue weighted by atomic mass is 9.85. The Morgan fingerprint density at radius 3 is 3.25 bits per heavy atom. The van der Waals surface area contributed by atoms with Crippen LogP contribution in [0, 0.1) is 5.92 Å². The molecule has 2 heterocycles. The largest absolute Gasteiger partial charge is 0.388 e. The average molecular weight is 162 g/mol. The van der Waals surface area contributed by atoms with Crippen molar-refractivity contribution in [2.75, 3.05) is 6.54 Å². The molecule has 3 rings (SSSR count). The van der Waals surface area contributed by atoms with Gasteiger partial charge in [-0.25, -0.2) is 0 Å². The highest BCUT2D eigenvalue weighted by molar-refractivity contribution is 5.38. The zero-order chi connectivity index (χ0) is 7.97. The van der Waals surface area contributed by atoms with E-state index in [4.69, 9.17) is 0 Å². The molecule has 0 bridgehead atoms. The second kappa shape index (κ2) is 2.28. The third-order valence-electron chi connectivity index (χ3n) is 3.27. The Hall–Kier alpha value is -0.920. The summed E-state index contributed by atoms with van der Waals surface area (Å²) < 4.78 is 0. The van der Waals surface area contributed by atoms with E-state index in [1.54, 1.807) is 0 Å². The molecule has 0 amide bonds. The van der Waals surface area contributed by atoms with Gasteiger partial charge >= 0.3 is 0 Å². The molecule has 0 aromatic carbocycles. The van der Waals surface area contributed by atoms with Gasteiger partial charge in [0, 0.05) is 18.2 Å². The molecule has 0 spiro atoms. The fraction of sp³-hybridized carbons (Fsp3) is 0.600. The summed E-state index contributed by atoms with van der Waals surface area (Å²) in [5, 5.41) is 6.91. The minimum absolute atomic E-state index is 0.627. The van der Waals surface area contributed by atoms with Crippen LogP contribution in [0.4, 0.5) is 0 Å². The molecule has 2 heteroatoms. The average Bonchev–Trinajstić information content (AvgIpc) is 2.71. The summed E-state index contributed by atoms with van der Waals surface area (Å²) in [7, 11) is 0. The lowest BCUT2D eigenvalue weighted by Gasteiger charge is -2.25. The van der Waals surface area contributed by atoms with Crippen molar-refractivity contribution in [1.29, 1.82) is 0 Å². The van der Waals surface area contributed by atoms with Crippen molar-refractivity contribution < 1.29 is 0 Å². The summed E-state index contributed by atoms with van der Waals surface area (Å²) in [6.07, 6.45) is 8.36.